The molecule has 1 saturated carbocycles. The molecule has 1 aliphatic carbocycles. The fourth-order valence-electron chi connectivity index (χ4n) is 2.79. The molecule has 0 aromatic carbocycles. The van der Waals surface area contributed by atoms with E-state index in [4.69, 9.17) is 4.74 Å². The van der Waals surface area contributed by atoms with Gasteiger partial charge in [0.15, 0.2) is 0 Å². The van der Waals surface area contributed by atoms with E-state index in [0.29, 0.717) is 17.6 Å². The van der Waals surface area contributed by atoms with Crippen molar-refractivity contribution in [3.05, 3.63) is 0 Å². The van der Waals surface area contributed by atoms with Crippen molar-refractivity contribution in [2.24, 2.45) is 5.41 Å². The Morgan fingerprint density at radius 2 is 1.89 bits per heavy atom. The van der Waals surface area contributed by atoms with Crippen molar-refractivity contribution in [1.82, 2.24) is 5.32 Å². The Kier molecular flexibility index (Phi) is 7.25. The van der Waals surface area contributed by atoms with E-state index in [1.54, 1.807) is 0 Å². The molecule has 0 amide bonds. The van der Waals surface area contributed by atoms with Crippen molar-refractivity contribution in [1.29, 1.82) is 0 Å². The van der Waals surface area contributed by atoms with Crippen LogP contribution in [0, 0.1) is 5.41 Å². The molecule has 0 aliphatic heterocycles. The fraction of sp³-hybridized carbons (Fsp3) is 1.00. The minimum atomic E-state index is 0.546. The predicted molar refractivity (Wildman–Crippen MR) is 79.0 cm³/mol. The van der Waals surface area contributed by atoms with E-state index < -0.39 is 0 Å². The Hall–Kier alpha value is -0.0800. The average molecular weight is 255 g/mol. The standard InChI is InChI=1S/C16H33NO/c1-5-17-14(2)8-6-7-13-18-15-9-11-16(3,4)12-10-15/h14-15,17H,5-13H2,1-4H3. The highest BCUT2D eigenvalue weighted by molar-refractivity contribution is 4.78. The molecule has 0 spiro atoms. The zero-order chi connectivity index (χ0) is 13.4. The molecule has 0 radical (unpaired) electrons. The lowest BCUT2D eigenvalue weighted by Gasteiger charge is -2.34. The van der Waals surface area contributed by atoms with Crippen molar-refractivity contribution in [2.45, 2.75) is 84.8 Å². The van der Waals surface area contributed by atoms with Gasteiger partial charge in [0, 0.05) is 12.6 Å². The second kappa shape index (κ2) is 8.16. The third-order valence-corrected chi connectivity index (χ3v) is 4.22. The maximum atomic E-state index is 6.00. The third kappa shape index (κ3) is 6.75. The molecule has 1 N–H and O–H groups in total. The molecule has 108 valence electrons. The van der Waals surface area contributed by atoms with Gasteiger partial charge in [0.05, 0.1) is 6.10 Å². The van der Waals surface area contributed by atoms with Crippen molar-refractivity contribution in [2.75, 3.05) is 13.2 Å². The Bertz CT molecular complexity index is 205. The van der Waals surface area contributed by atoms with Gasteiger partial charge in [0.2, 0.25) is 0 Å². The number of hydrogen-bond acceptors (Lipinski definition) is 2. The highest BCUT2D eigenvalue weighted by atomic mass is 16.5. The van der Waals surface area contributed by atoms with Gasteiger partial charge in [-0.25, -0.2) is 0 Å². The summed E-state index contributed by atoms with van der Waals surface area (Å²) >= 11 is 0. The lowest BCUT2D eigenvalue weighted by atomic mass is 9.76. The lowest BCUT2D eigenvalue weighted by Crippen LogP contribution is -2.27. The molecular weight excluding hydrogens is 222 g/mol. The van der Waals surface area contributed by atoms with Crippen LogP contribution in [0.5, 0.6) is 0 Å². The van der Waals surface area contributed by atoms with Gasteiger partial charge in [-0.1, -0.05) is 20.8 Å². The summed E-state index contributed by atoms with van der Waals surface area (Å²) in [7, 11) is 0. The third-order valence-electron chi connectivity index (χ3n) is 4.22. The van der Waals surface area contributed by atoms with E-state index in [0.717, 1.165) is 13.2 Å². The maximum Gasteiger partial charge on any atom is 0.0575 e. The molecule has 18 heavy (non-hydrogen) atoms. The van der Waals surface area contributed by atoms with E-state index in [9.17, 15) is 0 Å². The van der Waals surface area contributed by atoms with Gasteiger partial charge < -0.3 is 10.1 Å². The molecule has 1 fully saturated rings. The van der Waals surface area contributed by atoms with Crippen LogP contribution in [-0.2, 0) is 4.74 Å². The first kappa shape index (κ1) is 16.0. The first-order valence-corrected chi connectivity index (χ1v) is 7.88. The van der Waals surface area contributed by atoms with Crippen LogP contribution in [-0.4, -0.2) is 25.3 Å². The van der Waals surface area contributed by atoms with Crippen LogP contribution < -0.4 is 5.32 Å². The SMILES string of the molecule is CCNC(C)CCCCOC1CCC(C)(C)CC1. The number of hydrogen-bond donors (Lipinski definition) is 1. The molecule has 0 saturated heterocycles. The molecule has 0 aromatic heterocycles. The minimum Gasteiger partial charge on any atom is -0.378 e. The number of unbranched alkanes of at least 4 members (excludes halogenated alkanes) is 1. The molecule has 1 rings (SSSR count). The molecule has 0 bridgehead atoms. The van der Waals surface area contributed by atoms with Gasteiger partial charge in [-0.2, -0.15) is 0 Å². The van der Waals surface area contributed by atoms with Gasteiger partial charge in [-0.15, -0.1) is 0 Å². The van der Waals surface area contributed by atoms with E-state index in [1.807, 2.05) is 0 Å². The van der Waals surface area contributed by atoms with E-state index in [-0.39, 0.29) is 0 Å². The van der Waals surface area contributed by atoms with E-state index >= 15 is 0 Å². The molecule has 0 aromatic rings. The van der Waals surface area contributed by atoms with E-state index in [2.05, 4.69) is 33.0 Å². The second-order valence-corrected chi connectivity index (χ2v) is 6.69. The summed E-state index contributed by atoms with van der Waals surface area (Å²) < 4.78 is 6.00. The van der Waals surface area contributed by atoms with Crippen LogP contribution in [0.4, 0.5) is 0 Å². The van der Waals surface area contributed by atoms with Crippen LogP contribution in [0.1, 0.15) is 72.6 Å². The summed E-state index contributed by atoms with van der Waals surface area (Å²) in [4.78, 5) is 0. The first-order chi connectivity index (χ1) is 8.53. The summed E-state index contributed by atoms with van der Waals surface area (Å²) in [6, 6.07) is 0.658. The van der Waals surface area contributed by atoms with Crippen molar-refractivity contribution < 1.29 is 4.74 Å². The summed E-state index contributed by atoms with van der Waals surface area (Å²) in [5.41, 5.74) is 0.557. The summed E-state index contributed by atoms with van der Waals surface area (Å²) in [6.45, 7) is 11.2. The first-order valence-electron chi connectivity index (χ1n) is 7.88. The van der Waals surface area contributed by atoms with Crippen molar-refractivity contribution >= 4 is 0 Å². The Morgan fingerprint density at radius 1 is 1.22 bits per heavy atom. The molecule has 2 nitrogen and oxygen atoms in total. The largest absolute Gasteiger partial charge is 0.378 e. The summed E-state index contributed by atoms with van der Waals surface area (Å²) in [6.07, 6.45) is 9.51. The Labute approximate surface area is 114 Å². The predicted octanol–water partition coefficient (Wildman–Crippen LogP) is 4.14. The van der Waals surface area contributed by atoms with Crippen LogP contribution in [0.15, 0.2) is 0 Å². The molecule has 1 atom stereocenters. The molecule has 0 heterocycles. The summed E-state index contributed by atoms with van der Waals surface area (Å²) in [5, 5.41) is 3.45. The maximum absolute atomic E-state index is 6.00. The zero-order valence-electron chi connectivity index (χ0n) is 12.9. The van der Waals surface area contributed by atoms with E-state index in [1.165, 1.54) is 44.9 Å². The highest BCUT2D eigenvalue weighted by Gasteiger charge is 2.26. The minimum absolute atomic E-state index is 0.546. The number of ether oxygens (including phenoxy) is 1. The topological polar surface area (TPSA) is 21.3 Å². The fourth-order valence-corrected chi connectivity index (χ4v) is 2.79. The van der Waals surface area contributed by atoms with Crippen LogP contribution in [0.2, 0.25) is 0 Å². The quantitative estimate of drug-likeness (QED) is 0.658. The Balaban J connectivity index is 1.96. The van der Waals surface area contributed by atoms with Gasteiger partial charge in [0.25, 0.3) is 0 Å². The molecule has 1 unspecified atom stereocenters. The lowest BCUT2D eigenvalue weighted by molar-refractivity contribution is 0.00263. The van der Waals surface area contributed by atoms with Crippen LogP contribution in [0.25, 0.3) is 0 Å². The van der Waals surface area contributed by atoms with Gasteiger partial charge in [-0.05, 0) is 63.8 Å². The molecular formula is C16H33NO. The van der Waals surface area contributed by atoms with Gasteiger partial charge in [-0.3, -0.25) is 0 Å². The summed E-state index contributed by atoms with van der Waals surface area (Å²) in [5.74, 6) is 0. The smallest absolute Gasteiger partial charge is 0.0575 e. The number of rotatable bonds is 8. The second-order valence-electron chi connectivity index (χ2n) is 6.69. The van der Waals surface area contributed by atoms with Crippen molar-refractivity contribution in [3.8, 4) is 0 Å². The molecule has 2 heteroatoms. The normalized spacial score (nSPS) is 22.0. The van der Waals surface area contributed by atoms with Crippen molar-refractivity contribution in [3.63, 3.8) is 0 Å². The van der Waals surface area contributed by atoms with Gasteiger partial charge >= 0.3 is 0 Å². The zero-order valence-corrected chi connectivity index (χ0v) is 12.9. The van der Waals surface area contributed by atoms with Gasteiger partial charge in [0.1, 0.15) is 0 Å². The number of nitrogens with one attached hydrogen (secondary N) is 1. The van der Waals surface area contributed by atoms with Crippen LogP contribution >= 0.6 is 0 Å². The Morgan fingerprint density at radius 3 is 2.50 bits per heavy atom. The monoisotopic (exact) mass is 255 g/mol. The molecule has 1 aliphatic rings. The van der Waals surface area contributed by atoms with Crippen LogP contribution in [0.3, 0.4) is 0 Å². The highest BCUT2D eigenvalue weighted by Crippen LogP contribution is 2.36. The average Bonchev–Trinajstić information content (AvgIpc) is 2.31.